The number of aromatic nitrogens is 1. The summed E-state index contributed by atoms with van der Waals surface area (Å²) in [6.07, 6.45) is 5.64. The van der Waals surface area contributed by atoms with E-state index in [1.165, 1.54) is 6.42 Å². The Hall–Kier alpha value is -1.33. The number of nitrogens with zero attached hydrogens (tertiary/aromatic N) is 2. The minimum absolute atomic E-state index is 0.283. The van der Waals surface area contributed by atoms with Gasteiger partial charge in [-0.3, -0.25) is 0 Å². The second-order valence-corrected chi connectivity index (χ2v) is 5.31. The van der Waals surface area contributed by atoms with Gasteiger partial charge in [0.05, 0.1) is 24.6 Å². The lowest BCUT2D eigenvalue weighted by molar-refractivity contribution is 0.0529. The molecule has 0 aromatic carbocycles. The van der Waals surface area contributed by atoms with E-state index < -0.39 is 0 Å². The lowest BCUT2D eigenvalue weighted by Gasteiger charge is -2.32. The molecule has 1 aliphatic rings. The van der Waals surface area contributed by atoms with Gasteiger partial charge in [0.15, 0.2) is 0 Å². The molecule has 1 aromatic rings. The quantitative estimate of drug-likeness (QED) is 0.745. The average Bonchev–Trinajstić information content (AvgIpc) is 2.48. The third-order valence-corrected chi connectivity index (χ3v) is 3.52. The van der Waals surface area contributed by atoms with Crippen molar-refractivity contribution in [1.29, 1.82) is 0 Å². The molecule has 5 nitrogen and oxygen atoms in total. The average molecular weight is 278 g/mol. The monoisotopic (exact) mass is 278 g/mol. The minimum atomic E-state index is 0.283. The summed E-state index contributed by atoms with van der Waals surface area (Å²) in [5.74, 6) is 1.04. The van der Waals surface area contributed by atoms with E-state index in [2.05, 4.69) is 34.3 Å². The number of anilines is 2. The van der Waals surface area contributed by atoms with Gasteiger partial charge in [0.1, 0.15) is 5.82 Å². The molecule has 1 saturated heterocycles. The van der Waals surface area contributed by atoms with E-state index in [-0.39, 0.29) is 6.10 Å². The van der Waals surface area contributed by atoms with Crippen LogP contribution in [0.2, 0.25) is 0 Å². The second kappa shape index (κ2) is 8.07. The van der Waals surface area contributed by atoms with E-state index in [0.717, 1.165) is 57.1 Å². The van der Waals surface area contributed by atoms with E-state index in [1.807, 2.05) is 6.20 Å². The third kappa shape index (κ3) is 4.65. The first kappa shape index (κ1) is 15.1. The molecule has 0 unspecified atom stereocenters. The van der Waals surface area contributed by atoms with E-state index in [9.17, 15) is 0 Å². The van der Waals surface area contributed by atoms with Crippen molar-refractivity contribution >= 4 is 11.5 Å². The van der Waals surface area contributed by atoms with Crippen LogP contribution >= 0.6 is 0 Å². The van der Waals surface area contributed by atoms with Crippen molar-refractivity contribution in [3.05, 3.63) is 18.3 Å². The van der Waals surface area contributed by atoms with Crippen LogP contribution in [0.5, 0.6) is 0 Å². The summed E-state index contributed by atoms with van der Waals surface area (Å²) < 4.78 is 5.55. The van der Waals surface area contributed by atoms with Crippen molar-refractivity contribution in [2.24, 2.45) is 5.73 Å². The van der Waals surface area contributed by atoms with Gasteiger partial charge in [0.2, 0.25) is 0 Å². The summed E-state index contributed by atoms with van der Waals surface area (Å²) in [5.41, 5.74) is 6.56. The largest absolute Gasteiger partial charge is 0.384 e. The van der Waals surface area contributed by atoms with Crippen LogP contribution in [0.3, 0.4) is 0 Å². The standard InChI is InChI=1S/C15H26N4O/c1-13-12-19(9-10-20-13)15-6-5-14(11-18-15)17-8-4-2-3-7-16/h5-6,11,13,17H,2-4,7-10,12,16H2,1H3/t13-/m1/s1. The Labute approximate surface area is 121 Å². The van der Waals surface area contributed by atoms with Crippen LogP contribution in [0, 0.1) is 0 Å². The molecule has 3 N–H and O–H groups in total. The lowest BCUT2D eigenvalue weighted by Crippen LogP contribution is -2.41. The smallest absolute Gasteiger partial charge is 0.128 e. The van der Waals surface area contributed by atoms with E-state index in [4.69, 9.17) is 10.5 Å². The van der Waals surface area contributed by atoms with Crippen LogP contribution in [0.25, 0.3) is 0 Å². The molecule has 0 saturated carbocycles. The summed E-state index contributed by atoms with van der Waals surface area (Å²) in [6, 6.07) is 4.19. The maximum Gasteiger partial charge on any atom is 0.128 e. The van der Waals surface area contributed by atoms with Crippen molar-refractivity contribution in [2.75, 3.05) is 43.0 Å². The Kier molecular flexibility index (Phi) is 6.08. The Bertz CT molecular complexity index is 382. The van der Waals surface area contributed by atoms with Crippen molar-refractivity contribution in [2.45, 2.75) is 32.3 Å². The Morgan fingerprint density at radius 3 is 3.00 bits per heavy atom. The first-order valence-electron chi connectivity index (χ1n) is 7.56. The molecule has 2 heterocycles. The number of pyridine rings is 1. The highest BCUT2D eigenvalue weighted by molar-refractivity contribution is 5.48. The molecule has 20 heavy (non-hydrogen) atoms. The topological polar surface area (TPSA) is 63.4 Å². The maximum absolute atomic E-state index is 5.55. The maximum atomic E-state index is 5.55. The van der Waals surface area contributed by atoms with Gasteiger partial charge >= 0.3 is 0 Å². The fraction of sp³-hybridized carbons (Fsp3) is 0.667. The number of nitrogens with two attached hydrogens (primary N) is 1. The Morgan fingerprint density at radius 1 is 1.40 bits per heavy atom. The lowest BCUT2D eigenvalue weighted by atomic mass is 10.2. The molecule has 1 fully saturated rings. The van der Waals surface area contributed by atoms with Gasteiger partial charge in [-0.05, 0) is 38.4 Å². The van der Waals surface area contributed by atoms with E-state index in [1.54, 1.807) is 0 Å². The molecule has 0 spiro atoms. The molecule has 1 aliphatic heterocycles. The molecular formula is C15H26N4O. The minimum Gasteiger partial charge on any atom is -0.384 e. The van der Waals surface area contributed by atoms with Gasteiger partial charge in [0, 0.05) is 19.6 Å². The van der Waals surface area contributed by atoms with Crippen LogP contribution in [-0.4, -0.2) is 43.9 Å². The molecule has 2 rings (SSSR count). The molecule has 112 valence electrons. The fourth-order valence-electron chi connectivity index (χ4n) is 2.38. The molecule has 0 amide bonds. The van der Waals surface area contributed by atoms with Gasteiger partial charge in [-0.25, -0.2) is 4.98 Å². The summed E-state index contributed by atoms with van der Waals surface area (Å²) >= 11 is 0. The highest BCUT2D eigenvalue weighted by atomic mass is 16.5. The Morgan fingerprint density at radius 2 is 2.30 bits per heavy atom. The molecule has 0 bridgehead atoms. The molecule has 1 aromatic heterocycles. The summed E-state index contributed by atoms with van der Waals surface area (Å²) in [7, 11) is 0. The zero-order valence-electron chi connectivity index (χ0n) is 12.3. The van der Waals surface area contributed by atoms with Crippen LogP contribution in [0.15, 0.2) is 18.3 Å². The number of unbranched alkanes of at least 4 members (excludes halogenated alkanes) is 2. The number of morpholine rings is 1. The normalized spacial score (nSPS) is 19.1. The van der Waals surface area contributed by atoms with Crippen LogP contribution in [0.4, 0.5) is 11.5 Å². The van der Waals surface area contributed by atoms with Gasteiger partial charge in [-0.1, -0.05) is 6.42 Å². The first-order valence-corrected chi connectivity index (χ1v) is 7.56. The molecule has 5 heteroatoms. The number of rotatable bonds is 7. The molecule has 0 aliphatic carbocycles. The van der Waals surface area contributed by atoms with Crippen molar-refractivity contribution in [3.8, 4) is 0 Å². The highest BCUT2D eigenvalue weighted by Gasteiger charge is 2.17. The summed E-state index contributed by atoms with van der Waals surface area (Å²) in [4.78, 5) is 6.82. The number of nitrogens with one attached hydrogen (secondary N) is 1. The van der Waals surface area contributed by atoms with Gasteiger partial charge in [0.25, 0.3) is 0 Å². The van der Waals surface area contributed by atoms with Gasteiger partial charge in [-0.2, -0.15) is 0 Å². The first-order chi connectivity index (χ1) is 9.79. The van der Waals surface area contributed by atoms with Crippen molar-refractivity contribution in [3.63, 3.8) is 0 Å². The molecule has 1 atom stereocenters. The van der Waals surface area contributed by atoms with E-state index >= 15 is 0 Å². The fourth-order valence-corrected chi connectivity index (χ4v) is 2.38. The predicted molar refractivity (Wildman–Crippen MR) is 83.3 cm³/mol. The zero-order valence-corrected chi connectivity index (χ0v) is 12.3. The summed E-state index contributed by atoms with van der Waals surface area (Å²) in [6.45, 7) is 6.49. The summed E-state index contributed by atoms with van der Waals surface area (Å²) in [5, 5.41) is 3.40. The van der Waals surface area contributed by atoms with Crippen molar-refractivity contribution < 1.29 is 4.74 Å². The molecule has 0 radical (unpaired) electrons. The highest BCUT2D eigenvalue weighted by Crippen LogP contribution is 2.17. The number of hydrogen-bond donors (Lipinski definition) is 2. The predicted octanol–water partition coefficient (Wildman–Crippen LogP) is 1.85. The van der Waals surface area contributed by atoms with Crippen molar-refractivity contribution in [1.82, 2.24) is 4.98 Å². The SMILES string of the molecule is C[C@@H]1CN(c2ccc(NCCCCCN)cn2)CCO1. The zero-order chi connectivity index (χ0) is 14.2. The van der Waals surface area contributed by atoms with Crippen LogP contribution in [0.1, 0.15) is 26.2 Å². The van der Waals surface area contributed by atoms with Crippen LogP contribution in [-0.2, 0) is 4.74 Å². The number of ether oxygens (including phenoxy) is 1. The third-order valence-electron chi connectivity index (χ3n) is 3.52. The Balaban J connectivity index is 1.77. The second-order valence-electron chi connectivity index (χ2n) is 5.31. The van der Waals surface area contributed by atoms with Gasteiger partial charge < -0.3 is 20.7 Å². The van der Waals surface area contributed by atoms with Gasteiger partial charge in [-0.15, -0.1) is 0 Å². The van der Waals surface area contributed by atoms with Crippen LogP contribution < -0.4 is 16.0 Å². The van der Waals surface area contributed by atoms with E-state index in [0.29, 0.717) is 0 Å². The molecular weight excluding hydrogens is 252 g/mol. The number of hydrogen-bond acceptors (Lipinski definition) is 5.